The van der Waals surface area contributed by atoms with E-state index in [1.54, 1.807) is 24.4 Å². The van der Waals surface area contributed by atoms with Crippen molar-refractivity contribution < 1.29 is 9.18 Å². The van der Waals surface area contributed by atoms with Gasteiger partial charge in [0.25, 0.3) is 5.91 Å². The van der Waals surface area contributed by atoms with Crippen molar-refractivity contribution in [2.24, 2.45) is 0 Å². The molecule has 2 aromatic heterocycles. The van der Waals surface area contributed by atoms with Gasteiger partial charge in [0.2, 0.25) is 0 Å². The van der Waals surface area contributed by atoms with E-state index < -0.39 is 0 Å². The number of hydrogen-bond acceptors (Lipinski definition) is 3. The second-order valence-electron chi connectivity index (χ2n) is 8.31. The molecule has 6 heteroatoms. The molecule has 4 aromatic rings. The van der Waals surface area contributed by atoms with E-state index in [4.69, 9.17) is 4.98 Å². The number of pyridine rings is 1. The molecule has 0 saturated heterocycles. The van der Waals surface area contributed by atoms with Crippen LogP contribution in [0.4, 0.5) is 10.1 Å². The maximum absolute atomic E-state index is 14.5. The Hall–Kier alpha value is -3.54. The third kappa shape index (κ3) is 3.58. The first-order valence-electron chi connectivity index (χ1n) is 10.6. The highest BCUT2D eigenvalue weighted by Gasteiger charge is 2.28. The number of halogens is 1. The van der Waals surface area contributed by atoms with Gasteiger partial charge in [-0.3, -0.25) is 4.79 Å². The highest BCUT2D eigenvalue weighted by atomic mass is 19.1. The highest BCUT2D eigenvalue weighted by molar-refractivity contribution is 6.12. The quantitative estimate of drug-likeness (QED) is 0.448. The van der Waals surface area contributed by atoms with E-state index >= 15 is 0 Å². The Morgan fingerprint density at radius 2 is 1.87 bits per heavy atom. The van der Waals surface area contributed by atoms with Crippen LogP contribution < -0.4 is 5.32 Å². The summed E-state index contributed by atoms with van der Waals surface area (Å²) in [4.78, 5) is 18.1. The number of nitrogens with one attached hydrogen (secondary N) is 1. The van der Waals surface area contributed by atoms with Crippen molar-refractivity contribution in [1.82, 2.24) is 14.8 Å². The van der Waals surface area contributed by atoms with Crippen molar-refractivity contribution >= 4 is 22.6 Å². The maximum Gasteiger partial charge on any atom is 0.256 e. The lowest BCUT2D eigenvalue weighted by Gasteiger charge is -2.14. The van der Waals surface area contributed by atoms with Gasteiger partial charge in [-0.1, -0.05) is 44.2 Å². The Balaban J connectivity index is 1.62. The van der Waals surface area contributed by atoms with E-state index in [9.17, 15) is 9.18 Å². The van der Waals surface area contributed by atoms with Crippen molar-refractivity contribution in [3.05, 3.63) is 83.4 Å². The van der Waals surface area contributed by atoms with Gasteiger partial charge >= 0.3 is 0 Å². The zero-order valence-corrected chi connectivity index (χ0v) is 17.5. The number of para-hydroxylation sites is 2. The highest BCUT2D eigenvalue weighted by Crippen LogP contribution is 2.40. The molecule has 1 saturated carbocycles. The summed E-state index contributed by atoms with van der Waals surface area (Å²) in [5.41, 5.74) is 4.04. The molecule has 0 atom stereocenters. The zero-order chi connectivity index (χ0) is 21.5. The van der Waals surface area contributed by atoms with Gasteiger partial charge in [0.1, 0.15) is 11.5 Å². The van der Waals surface area contributed by atoms with Crippen LogP contribution in [0.1, 0.15) is 60.1 Å². The summed E-state index contributed by atoms with van der Waals surface area (Å²) in [6, 6.07) is 16.1. The van der Waals surface area contributed by atoms with Crippen molar-refractivity contribution in [1.29, 1.82) is 0 Å². The van der Waals surface area contributed by atoms with Crippen LogP contribution in [0.5, 0.6) is 0 Å². The minimum Gasteiger partial charge on any atom is -0.322 e. The van der Waals surface area contributed by atoms with Gasteiger partial charge in [0.05, 0.1) is 17.1 Å². The fourth-order valence-corrected chi connectivity index (χ4v) is 3.90. The molecule has 156 valence electrons. The van der Waals surface area contributed by atoms with E-state index in [0.717, 1.165) is 29.8 Å². The van der Waals surface area contributed by atoms with E-state index in [1.807, 2.05) is 30.3 Å². The van der Waals surface area contributed by atoms with E-state index in [-0.39, 0.29) is 17.6 Å². The summed E-state index contributed by atoms with van der Waals surface area (Å²) < 4.78 is 15.9. The number of amides is 1. The Morgan fingerprint density at radius 3 is 2.61 bits per heavy atom. The van der Waals surface area contributed by atoms with Crippen molar-refractivity contribution in [2.45, 2.75) is 38.5 Å². The predicted octanol–water partition coefficient (Wildman–Crippen LogP) is 5.81. The number of hydrogen-bond donors (Lipinski definition) is 1. The van der Waals surface area contributed by atoms with Gasteiger partial charge < -0.3 is 5.32 Å². The van der Waals surface area contributed by atoms with Gasteiger partial charge in [0.15, 0.2) is 5.65 Å². The molecule has 0 radical (unpaired) electrons. The lowest BCUT2D eigenvalue weighted by Crippen LogP contribution is -2.15. The van der Waals surface area contributed by atoms with Crippen LogP contribution in [0.2, 0.25) is 0 Å². The molecule has 0 aliphatic heterocycles. The van der Waals surface area contributed by atoms with Crippen molar-refractivity contribution in [3.63, 3.8) is 0 Å². The minimum absolute atomic E-state index is 0.213. The monoisotopic (exact) mass is 414 g/mol. The fraction of sp³-hybridized carbons (Fsp3) is 0.240. The second kappa shape index (κ2) is 7.61. The van der Waals surface area contributed by atoms with Gasteiger partial charge in [-0.05, 0) is 48.6 Å². The Labute approximate surface area is 179 Å². The summed E-state index contributed by atoms with van der Waals surface area (Å²) >= 11 is 0. The molecule has 5 rings (SSSR count). The summed E-state index contributed by atoms with van der Waals surface area (Å²) in [6.07, 6.45) is 3.68. The molecular weight excluding hydrogens is 391 g/mol. The standard InChI is InChI=1S/C25H23FN4O/c1-15(2)17-7-3-5-9-21(17)29-25(31)18-13-22(16-11-12-16)28-24-19(18)14-27-30(24)23-10-6-4-8-20(23)26/h3-10,13-16H,11-12H2,1-2H3,(H,29,31). The molecular formula is C25H23FN4O. The zero-order valence-electron chi connectivity index (χ0n) is 17.5. The number of carbonyl (C=O) groups is 1. The molecule has 1 N–H and O–H groups in total. The first-order chi connectivity index (χ1) is 15.0. The van der Waals surface area contributed by atoms with Crippen LogP contribution in [0.3, 0.4) is 0 Å². The van der Waals surface area contributed by atoms with Crippen LogP contribution >= 0.6 is 0 Å². The smallest absolute Gasteiger partial charge is 0.256 e. The van der Waals surface area contributed by atoms with Crippen LogP contribution in [0.15, 0.2) is 60.8 Å². The lowest BCUT2D eigenvalue weighted by molar-refractivity contribution is 0.102. The van der Waals surface area contributed by atoms with Gasteiger partial charge in [-0.15, -0.1) is 0 Å². The predicted molar refractivity (Wildman–Crippen MR) is 119 cm³/mol. The number of aromatic nitrogens is 3. The molecule has 0 spiro atoms. The van der Waals surface area contributed by atoms with Crippen LogP contribution in [0, 0.1) is 5.82 Å². The summed E-state index contributed by atoms with van der Waals surface area (Å²) in [7, 11) is 0. The third-order valence-corrected chi connectivity index (χ3v) is 5.71. The minimum atomic E-state index is -0.386. The number of rotatable bonds is 5. The van der Waals surface area contributed by atoms with Gasteiger partial charge in [-0.2, -0.15) is 5.10 Å². The molecule has 2 heterocycles. The molecule has 1 fully saturated rings. The topological polar surface area (TPSA) is 59.8 Å². The Morgan fingerprint density at radius 1 is 1.13 bits per heavy atom. The summed E-state index contributed by atoms with van der Waals surface area (Å²) in [5.74, 6) is 0.0149. The molecule has 5 nitrogen and oxygen atoms in total. The Kier molecular flexibility index (Phi) is 4.77. The summed E-state index contributed by atoms with van der Waals surface area (Å²) in [5, 5.41) is 8.05. The second-order valence-corrected chi connectivity index (χ2v) is 8.31. The van der Waals surface area contributed by atoms with Crippen LogP contribution in [0.25, 0.3) is 16.7 Å². The number of anilines is 1. The SMILES string of the molecule is CC(C)c1ccccc1NC(=O)c1cc(C2CC2)nc2c1cnn2-c1ccccc1F. The Bertz CT molecular complexity index is 1290. The molecule has 2 aromatic carbocycles. The number of benzene rings is 2. The summed E-state index contributed by atoms with van der Waals surface area (Å²) in [6.45, 7) is 4.19. The molecule has 1 aliphatic rings. The van der Waals surface area contributed by atoms with Crippen LogP contribution in [-0.2, 0) is 0 Å². The number of carbonyl (C=O) groups excluding carboxylic acids is 1. The third-order valence-electron chi connectivity index (χ3n) is 5.71. The molecule has 31 heavy (non-hydrogen) atoms. The van der Waals surface area contributed by atoms with Gasteiger partial charge in [-0.25, -0.2) is 14.1 Å². The number of nitrogens with zero attached hydrogens (tertiary/aromatic N) is 3. The van der Waals surface area contributed by atoms with Crippen molar-refractivity contribution in [2.75, 3.05) is 5.32 Å². The van der Waals surface area contributed by atoms with Crippen molar-refractivity contribution in [3.8, 4) is 5.69 Å². The first-order valence-corrected chi connectivity index (χ1v) is 10.6. The molecule has 1 amide bonds. The maximum atomic E-state index is 14.5. The number of fused-ring (bicyclic) bond motifs is 1. The normalized spacial score (nSPS) is 13.7. The fourth-order valence-electron chi connectivity index (χ4n) is 3.90. The molecule has 0 unspecified atom stereocenters. The lowest BCUT2D eigenvalue weighted by atomic mass is 10.0. The average Bonchev–Trinajstić information content (AvgIpc) is 3.53. The van der Waals surface area contributed by atoms with E-state index in [0.29, 0.717) is 28.2 Å². The molecule has 0 bridgehead atoms. The van der Waals surface area contributed by atoms with E-state index in [2.05, 4.69) is 24.3 Å². The van der Waals surface area contributed by atoms with Crippen LogP contribution in [-0.4, -0.2) is 20.7 Å². The van der Waals surface area contributed by atoms with Gasteiger partial charge in [0, 0.05) is 17.3 Å². The first kappa shape index (κ1) is 19.4. The average molecular weight is 414 g/mol. The largest absolute Gasteiger partial charge is 0.322 e. The molecule has 1 aliphatic carbocycles. The van der Waals surface area contributed by atoms with E-state index in [1.165, 1.54) is 10.7 Å².